The number of rotatable bonds is 4. The Morgan fingerprint density at radius 3 is 2.86 bits per heavy atom. The fourth-order valence-electron chi connectivity index (χ4n) is 2.78. The van der Waals surface area contributed by atoms with Crippen LogP contribution in [-0.4, -0.2) is 33.8 Å². The van der Waals surface area contributed by atoms with Gasteiger partial charge in [-0.05, 0) is 44.0 Å². The van der Waals surface area contributed by atoms with Crippen molar-refractivity contribution in [2.75, 3.05) is 5.32 Å². The van der Waals surface area contributed by atoms with Gasteiger partial charge in [-0.2, -0.15) is 0 Å². The van der Waals surface area contributed by atoms with Crippen molar-refractivity contribution < 1.29 is 19.4 Å². The third kappa shape index (κ3) is 2.96. The number of anilines is 1. The number of hydrogen-bond acceptors (Lipinski definition) is 3. The number of carbonyl (C=O) groups is 2. The van der Waals surface area contributed by atoms with Gasteiger partial charge in [-0.25, -0.2) is 0 Å². The van der Waals surface area contributed by atoms with Gasteiger partial charge in [-0.3, -0.25) is 9.59 Å². The molecule has 2 heterocycles. The largest absolute Gasteiger partial charge is 0.480 e. The van der Waals surface area contributed by atoms with Gasteiger partial charge in [-0.1, -0.05) is 0 Å². The fraction of sp³-hybridized carbons (Fsp3) is 0.375. The maximum atomic E-state index is 12.1. The number of aromatic nitrogens is 1. The van der Waals surface area contributed by atoms with Gasteiger partial charge < -0.3 is 19.7 Å². The van der Waals surface area contributed by atoms with Gasteiger partial charge in [0.05, 0.1) is 6.10 Å². The lowest BCUT2D eigenvalue weighted by molar-refractivity contribution is -0.137. The number of carbonyl (C=O) groups excluding carboxylic acids is 1. The van der Waals surface area contributed by atoms with Crippen LogP contribution in [-0.2, 0) is 20.9 Å². The number of amides is 1. The van der Waals surface area contributed by atoms with Gasteiger partial charge in [0.2, 0.25) is 0 Å². The highest BCUT2D eigenvalue weighted by Gasteiger charge is 2.28. The second-order valence-corrected chi connectivity index (χ2v) is 5.61. The monoisotopic (exact) mass is 302 g/mol. The Hall–Kier alpha value is -2.34. The van der Waals surface area contributed by atoms with E-state index in [2.05, 4.69) is 5.32 Å². The fourth-order valence-corrected chi connectivity index (χ4v) is 2.78. The molecule has 0 radical (unpaired) electrons. The van der Waals surface area contributed by atoms with E-state index in [1.54, 1.807) is 16.8 Å². The second-order valence-electron chi connectivity index (χ2n) is 5.61. The summed E-state index contributed by atoms with van der Waals surface area (Å²) in [6, 6.07) is 7.26. The topological polar surface area (TPSA) is 80.6 Å². The molecule has 1 aliphatic rings. The van der Waals surface area contributed by atoms with Crippen LogP contribution in [0.5, 0.6) is 0 Å². The second kappa shape index (κ2) is 5.81. The molecule has 2 atom stereocenters. The summed E-state index contributed by atoms with van der Waals surface area (Å²) in [4.78, 5) is 22.9. The molecule has 0 aliphatic carbocycles. The average Bonchev–Trinajstić information content (AvgIpc) is 3.05. The predicted molar refractivity (Wildman–Crippen MR) is 81.8 cm³/mol. The van der Waals surface area contributed by atoms with Gasteiger partial charge in [0.1, 0.15) is 12.6 Å². The van der Waals surface area contributed by atoms with E-state index in [1.807, 2.05) is 25.1 Å². The minimum Gasteiger partial charge on any atom is -0.480 e. The first-order valence-electron chi connectivity index (χ1n) is 7.30. The van der Waals surface area contributed by atoms with Crippen molar-refractivity contribution in [3.8, 4) is 0 Å². The molecule has 6 nitrogen and oxygen atoms in total. The van der Waals surface area contributed by atoms with Crippen LogP contribution in [0.3, 0.4) is 0 Å². The Morgan fingerprint density at radius 2 is 2.18 bits per heavy atom. The summed E-state index contributed by atoms with van der Waals surface area (Å²) in [6.07, 6.45) is 3.11. The quantitative estimate of drug-likeness (QED) is 0.907. The van der Waals surface area contributed by atoms with Crippen molar-refractivity contribution in [1.82, 2.24) is 4.57 Å². The Labute approximate surface area is 127 Å². The van der Waals surface area contributed by atoms with E-state index in [0.717, 1.165) is 23.7 Å². The van der Waals surface area contributed by atoms with E-state index < -0.39 is 5.97 Å². The molecule has 1 aliphatic heterocycles. The SMILES string of the molecule is CC1CCC(C(=O)Nc2ccc3c(ccn3CC(=O)O)c2)O1. The van der Waals surface area contributed by atoms with Crippen LogP contribution in [0.2, 0.25) is 0 Å². The molecule has 0 saturated carbocycles. The number of aliphatic carboxylic acids is 1. The lowest BCUT2D eigenvalue weighted by Gasteiger charge is -2.12. The van der Waals surface area contributed by atoms with Crippen LogP contribution < -0.4 is 5.32 Å². The molecule has 0 spiro atoms. The standard InChI is InChI=1S/C16H18N2O4/c1-10-2-5-14(22-10)16(21)17-12-3-4-13-11(8-12)6-7-18(13)9-15(19)20/h3-4,6-8,10,14H,2,5,9H2,1H3,(H,17,21)(H,19,20). The molecule has 22 heavy (non-hydrogen) atoms. The summed E-state index contributed by atoms with van der Waals surface area (Å²) in [7, 11) is 0. The molecule has 1 saturated heterocycles. The molecular formula is C16H18N2O4. The molecule has 3 rings (SSSR count). The van der Waals surface area contributed by atoms with Gasteiger partial charge in [0.25, 0.3) is 5.91 Å². The molecule has 2 aromatic rings. The zero-order chi connectivity index (χ0) is 15.7. The highest BCUT2D eigenvalue weighted by molar-refractivity contribution is 5.96. The van der Waals surface area contributed by atoms with Gasteiger partial charge in [0.15, 0.2) is 0 Å². The Bertz CT molecular complexity index is 722. The number of nitrogens with one attached hydrogen (secondary N) is 1. The first kappa shape index (κ1) is 14.6. The summed E-state index contributed by atoms with van der Waals surface area (Å²) in [5.41, 5.74) is 1.51. The summed E-state index contributed by atoms with van der Waals surface area (Å²) >= 11 is 0. The Kier molecular flexibility index (Phi) is 3.85. The lowest BCUT2D eigenvalue weighted by atomic mass is 10.2. The van der Waals surface area contributed by atoms with Crippen LogP contribution in [0.1, 0.15) is 19.8 Å². The number of nitrogens with zero attached hydrogens (tertiary/aromatic N) is 1. The summed E-state index contributed by atoms with van der Waals surface area (Å²) in [5, 5.41) is 12.6. The number of carboxylic acids is 1. The first-order valence-corrected chi connectivity index (χ1v) is 7.30. The van der Waals surface area contributed by atoms with Crippen molar-refractivity contribution >= 4 is 28.5 Å². The Balaban J connectivity index is 1.75. The maximum Gasteiger partial charge on any atom is 0.323 e. The van der Waals surface area contributed by atoms with E-state index in [-0.39, 0.29) is 24.7 Å². The van der Waals surface area contributed by atoms with E-state index in [4.69, 9.17) is 9.84 Å². The zero-order valence-electron chi connectivity index (χ0n) is 12.3. The van der Waals surface area contributed by atoms with Crippen molar-refractivity contribution in [2.24, 2.45) is 0 Å². The molecule has 6 heteroatoms. The minimum absolute atomic E-state index is 0.0803. The molecule has 1 aromatic carbocycles. The molecular weight excluding hydrogens is 284 g/mol. The van der Waals surface area contributed by atoms with Crippen LogP contribution in [0.15, 0.2) is 30.5 Å². The van der Waals surface area contributed by atoms with E-state index in [0.29, 0.717) is 5.69 Å². The van der Waals surface area contributed by atoms with Crippen molar-refractivity contribution in [3.63, 3.8) is 0 Å². The summed E-state index contributed by atoms with van der Waals surface area (Å²) < 4.78 is 7.21. The van der Waals surface area contributed by atoms with Crippen LogP contribution >= 0.6 is 0 Å². The predicted octanol–water partition coefficient (Wildman–Crippen LogP) is 2.23. The number of ether oxygens (including phenoxy) is 1. The summed E-state index contributed by atoms with van der Waals surface area (Å²) in [6.45, 7) is 1.88. The third-order valence-electron chi connectivity index (χ3n) is 3.87. The molecule has 0 bridgehead atoms. The molecule has 1 amide bonds. The van der Waals surface area contributed by atoms with Crippen LogP contribution in [0.4, 0.5) is 5.69 Å². The third-order valence-corrected chi connectivity index (χ3v) is 3.87. The molecule has 2 N–H and O–H groups in total. The normalized spacial score (nSPS) is 21.1. The summed E-state index contributed by atoms with van der Waals surface area (Å²) in [5.74, 6) is -1.02. The number of hydrogen-bond donors (Lipinski definition) is 2. The number of benzene rings is 1. The zero-order valence-corrected chi connectivity index (χ0v) is 12.3. The highest BCUT2D eigenvalue weighted by Crippen LogP contribution is 2.23. The van der Waals surface area contributed by atoms with Crippen molar-refractivity contribution in [2.45, 2.75) is 38.5 Å². The molecule has 116 valence electrons. The minimum atomic E-state index is -0.887. The van der Waals surface area contributed by atoms with Gasteiger partial charge in [0, 0.05) is 22.8 Å². The van der Waals surface area contributed by atoms with Gasteiger partial charge >= 0.3 is 5.97 Å². The lowest BCUT2D eigenvalue weighted by Crippen LogP contribution is -2.27. The van der Waals surface area contributed by atoms with E-state index >= 15 is 0 Å². The highest BCUT2D eigenvalue weighted by atomic mass is 16.5. The Morgan fingerprint density at radius 1 is 1.36 bits per heavy atom. The number of fused-ring (bicyclic) bond motifs is 1. The molecule has 1 fully saturated rings. The van der Waals surface area contributed by atoms with Gasteiger partial charge in [-0.15, -0.1) is 0 Å². The molecule has 2 unspecified atom stereocenters. The smallest absolute Gasteiger partial charge is 0.323 e. The van der Waals surface area contributed by atoms with E-state index in [1.165, 1.54) is 0 Å². The van der Waals surface area contributed by atoms with Crippen LogP contribution in [0.25, 0.3) is 10.9 Å². The van der Waals surface area contributed by atoms with Crippen molar-refractivity contribution in [1.29, 1.82) is 0 Å². The van der Waals surface area contributed by atoms with E-state index in [9.17, 15) is 9.59 Å². The van der Waals surface area contributed by atoms with Crippen LogP contribution in [0, 0.1) is 0 Å². The maximum absolute atomic E-state index is 12.1. The molecule has 1 aromatic heterocycles. The first-order chi connectivity index (χ1) is 10.5. The average molecular weight is 302 g/mol. The number of carboxylic acid groups (broad SMARTS) is 1. The van der Waals surface area contributed by atoms with Crippen molar-refractivity contribution in [3.05, 3.63) is 30.5 Å².